The molecule has 0 spiro atoms. The molecule has 0 aromatic heterocycles. The lowest BCUT2D eigenvalue weighted by atomic mass is 9.72. The molecule has 0 radical (unpaired) electrons. The smallest absolute Gasteiger partial charge is 0.169 e. The Bertz CT molecular complexity index is 236. The fourth-order valence-corrected chi connectivity index (χ4v) is 3.31. The molecule has 2 nitrogen and oxygen atoms in total. The van der Waals surface area contributed by atoms with Gasteiger partial charge in [0.15, 0.2) is 5.79 Å². The average molecular weight is 198 g/mol. The second-order valence-electron chi connectivity index (χ2n) is 5.83. The Morgan fingerprint density at radius 3 is 2.50 bits per heavy atom. The SMILES string of the molecule is CC1CCC2C(O)(CC(C)C2(C)C)O1. The lowest BCUT2D eigenvalue weighted by Gasteiger charge is -2.42. The van der Waals surface area contributed by atoms with Crippen molar-refractivity contribution in [1.29, 1.82) is 0 Å². The van der Waals surface area contributed by atoms with Crippen LogP contribution in [0.3, 0.4) is 0 Å². The van der Waals surface area contributed by atoms with Crippen LogP contribution in [0.1, 0.15) is 47.0 Å². The first-order valence-electron chi connectivity index (χ1n) is 5.76. The third-order valence-electron chi connectivity index (χ3n) is 4.58. The molecule has 2 aliphatic rings. The standard InChI is InChI=1S/C12H22O2/c1-8-7-12(13)10(11(8,3)4)6-5-9(2)14-12/h8-10,13H,5-7H2,1-4H3. The highest BCUT2D eigenvalue weighted by Gasteiger charge is 2.58. The van der Waals surface area contributed by atoms with Gasteiger partial charge in [-0.1, -0.05) is 20.8 Å². The summed E-state index contributed by atoms with van der Waals surface area (Å²) in [6.45, 7) is 8.81. The molecule has 1 heterocycles. The van der Waals surface area contributed by atoms with E-state index in [-0.39, 0.29) is 11.5 Å². The highest BCUT2D eigenvalue weighted by atomic mass is 16.6. The predicted octanol–water partition coefficient (Wildman–Crippen LogP) is 2.56. The molecular weight excluding hydrogens is 176 g/mol. The van der Waals surface area contributed by atoms with Crippen LogP contribution in [0.4, 0.5) is 0 Å². The van der Waals surface area contributed by atoms with E-state index in [1.807, 2.05) is 0 Å². The van der Waals surface area contributed by atoms with Crippen LogP contribution in [-0.4, -0.2) is 17.0 Å². The Hall–Kier alpha value is -0.0800. The molecule has 0 bridgehead atoms. The van der Waals surface area contributed by atoms with Gasteiger partial charge in [0.25, 0.3) is 0 Å². The van der Waals surface area contributed by atoms with Crippen LogP contribution in [-0.2, 0) is 4.74 Å². The minimum atomic E-state index is -0.833. The molecule has 1 N–H and O–H groups in total. The summed E-state index contributed by atoms with van der Waals surface area (Å²) < 4.78 is 5.76. The average Bonchev–Trinajstić information content (AvgIpc) is 2.17. The molecule has 82 valence electrons. The fraction of sp³-hybridized carbons (Fsp3) is 1.00. The molecule has 14 heavy (non-hydrogen) atoms. The van der Waals surface area contributed by atoms with E-state index in [9.17, 15) is 5.11 Å². The number of ether oxygens (including phenoxy) is 1. The minimum absolute atomic E-state index is 0.217. The second kappa shape index (κ2) is 2.96. The zero-order valence-electron chi connectivity index (χ0n) is 9.71. The van der Waals surface area contributed by atoms with Gasteiger partial charge in [0.2, 0.25) is 0 Å². The number of hydrogen-bond acceptors (Lipinski definition) is 2. The highest BCUT2D eigenvalue weighted by molar-refractivity contribution is 5.02. The first-order valence-corrected chi connectivity index (χ1v) is 5.76. The lowest BCUT2D eigenvalue weighted by molar-refractivity contribution is -0.276. The summed E-state index contributed by atoms with van der Waals surface area (Å²) in [5.74, 6) is 0.0321. The Morgan fingerprint density at radius 2 is 1.86 bits per heavy atom. The van der Waals surface area contributed by atoms with E-state index in [2.05, 4.69) is 27.7 Å². The summed E-state index contributed by atoms with van der Waals surface area (Å²) in [5, 5.41) is 10.5. The van der Waals surface area contributed by atoms with Crippen LogP contribution in [0.25, 0.3) is 0 Å². The van der Waals surface area contributed by atoms with Crippen LogP contribution in [0.5, 0.6) is 0 Å². The van der Waals surface area contributed by atoms with E-state index in [0.29, 0.717) is 11.8 Å². The van der Waals surface area contributed by atoms with Crippen molar-refractivity contribution >= 4 is 0 Å². The molecular formula is C12H22O2. The van der Waals surface area contributed by atoms with Crippen molar-refractivity contribution < 1.29 is 9.84 Å². The van der Waals surface area contributed by atoms with Crippen molar-refractivity contribution in [2.75, 3.05) is 0 Å². The van der Waals surface area contributed by atoms with Gasteiger partial charge in [0.1, 0.15) is 0 Å². The summed E-state index contributed by atoms with van der Waals surface area (Å²) in [6, 6.07) is 0. The van der Waals surface area contributed by atoms with E-state index in [4.69, 9.17) is 4.74 Å². The predicted molar refractivity (Wildman–Crippen MR) is 55.8 cm³/mol. The largest absolute Gasteiger partial charge is 0.365 e. The first kappa shape index (κ1) is 10.4. The van der Waals surface area contributed by atoms with Gasteiger partial charge in [-0.25, -0.2) is 0 Å². The maximum atomic E-state index is 10.5. The first-order chi connectivity index (χ1) is 6.36. The number of hydrogen-bond donors (Lipinski definition) is 1. The van der Waals surface area contributed by atoms with Gasteiger partial charge in [-0.15, -0.1) is 0 Å². The molecule has 0 amide bonds. The molecule has 2 heteroatoms. The summed E-state index contributed by atoms with van der Waals surface area (Å²) in [4.78, 5) is 0. The van der Waals surface area contributed by atoms with Crippen molar-refractivity contribution in [3.8, 4) is 0 Å². The number of fused-ring (bicyclic) bond motifs is 1. The Labute approximate surface area is 86.6 Å². The molecule has 0 aromatic carbocycles. The van der Waals surface area contributed by atoms with E-state index in [0.717, 1.165) is 19.3 Å². The molecule has 2 fully saturated rings. The van der Waals surface area contributed by atoms with Crippen molar-refractivity contribution in [3.05, 3.63) is 0 Å². The summed E-state index contributed by atoms with van der Waals surface area (Å²) in [5.41, 5.74) is 0.217. The zero-order valence-corrected chi connectivity index (χ0v) is 9.71. The molecule has 1 saturated heterocycles. The maximum Gasteiger partial charge on any atom is 0.169 e. The minimum Gasteiger partial charge on any atom is -0.365 e. The van der Waals surface area contributed by atoms with E-state index in [1.54, 1.807) is 0 Å². The number of rotatable bonds is 0. The molecule has 1 aliphatic heterocycles. The van der Waals surface area contributed by atoms with Crippen molar-refractivity contribution in [1.82, 2.24) is 0 Å². The van der Waals surface area contributed by atoms with Crippen LogP contribution < -0.4 is 0 Å². The van der Waals surface area contributed by atoms with Gasteiger partial charge >= 0.3 is 0 Å². The fourth-order valence-electron chi connectivity index (χ4n) is 3.31. The van der Waals surface area contributed by atoms with Gasteiger partial charge in [-0.05, 0) is 31.1 Å². The summed E-state index contributed by atoms with van der Waals surface area (Å²) in [6.07, 6.45) is 3.21. The van der Waals surface area contributed by atoms with Crippen molar-refractivity contribution in [2.24, 2.45) is 17.3 Å². The van der Waals surface area contributed by atoms with E-state index >= 15 is 0 Å². The monoisotopic (exact) mass is 198 g/mol. The quantitative estimate of drug-likeness (QED) is 0.648. The van der Waals surface area contributed by atoms with Crippen molar-refractivity contribution in [3.63, 3.8) is 0 Å². The third-order valence-corrected chi connectivity index (χ3v) is 4.58. The van der Waals surface area contributed by atoms with Gasteiger partial charge in [-0.2, -0.15) is 0 Å². The van der Waals surface area contributed by atoms with Crippen LogP contribution in [0.2, 0.25) is 0 Å². The van der Waals surface area contributed by atoms with Crippen LogP contribution in [0, 0.1) is 17.3 Å². The van der Waals surface area contributed by atoms with Gasteiger partial charge in [-0.3, -0.25) is 0 Å². The molecule has 4 unspecified atom stereocenters. The van der Waals surface area contributed by atoms with E-state index in [1.165, 1.54) is 0 Å². The van der Waals surface area contributed by atoms with Crippen molar-refractivity contribution in [2.45, 2.75) is 58.8 Å². The molecule has 0 aromatic rings. The van der Waals surface area contributed by atoms with Crippen LogP contribution >= 0.6 is 0 Å². The summed E-state index contributed by atoms with van der Waals surface area (Å²) >= 11 is 0. The Kier molecular flexibility index (Phi) is 2.20. The topological polar surface area (TPSA) is 29.5 Å². The zero-order chi connectivity index (χ0) is 10.6. The molecule has 4 atom stereocenters. The summed E-state index contributed by atoms with van der Waals surface area (Å²) in [7, 11) is 0. The van der Waals surface area contributed by atoms with Gasteiger partial charge in [0.05, 0.1) is 6.10 Å². The third kappa shape index (κ3) is 1.31. The molecule has 2 rings (SSSR count). The Balaban J connectivity index is 2.26. The number of aliphatic hydroxyl groups is 1. The van der Waals surface area contributed by atoms with Crippen LogP contribution in [0.15, 0.2) is 0 Å². The maximum absolute atomic E-state index is 10.5. The van der Waals surface area contributed by atoms with E-state index < -0.39 is 5.79 Å². The van der Waals surface area contributed by atoms with Gasteiger partial charge in [0, 0.05) is 12.3 Å². The normalized spacial score (nSPS) is 51.6. The molecule has 1 saturated carbocycles. The lowest BCUT2D eigenvalue weighted by Crippen LogP contribution is -2.46. The Morgan fingerprint density at radius 1 is 1.21 bits per heavy atom. The van der Waals surface area contributed by atoms with Gasteiger partial charge < -0.3 is 9.84 Å². The second-order valence-corrected chi connectivity index (χ2v) is 5.83. The molecule has 1 aliphatic carbocycles. The highest BCUT2D eigenvalue weighted by Crippen LogP contribution is 2.57.